The number of phosphoric ester groups is 1. The van der Waals surface area contributed by atoms with E-state index in [4.69, 9.17) is 14.5 Å². The van der Waals surface area contributed by atoms with Crippen LogP contribution in [0.25, 0.3) is 10.8 Å². The number of pyridine rings is 1. The summed E-state index contributed by atoms with van der Waals surface area (Å²) in [7, 11) is -3.47. The van der Waals surface area contributed by atoms with E-state index in [1.165, 1.54) is 24.1 Å². The van der Waals surface area contributed by atoms with E-state index < -0.39 is 54.4 Å². The van der Waals surface area contributed by atoms with E-state index in [-0.39, 0.29) is 31.0 Å². The van der Waals surface area contributed by atoms with Crippen molar-refractivity contribution in [2.45, 2.75) is 29.2 Å². The Labute approximate surface area is 237 Å². The van der Waals surface area contributed by atoms with Gasteiger partial charge in [-0.15, -0.1) is 11.8 Å². The largest absolute Gasteiger partial charge is 0.469 e. The molecular weight excluding hydrogens is 585 g/mol. The summed E-state index contributed by atoms with van der Waals surface area (Å²) < 4.78 is 48.3. The third-order valence-corrected chi connectivity index (χ3v) is 8.49. The van der Waals surface area contributed by atoms with Crippen molar-refractivity contribution in [3.63, 3.8) is 0 Å². The van der Waals surface area contributed by atoms with Crippen molar-refractivity contribution in [1.82, 2.24) is 15.2 Å². The highest BCUT2D eigenvalue weighted by molar-refractivity contribution is 8.08. The van der Waals surface area contributed by atoms with Gasteiger partial charge < -0.3 is 29.8 Å². The molecule has 3 atom stereocenters. The van der Waals surface area contributed by atoms with E-state index >= 15 is 0 Å². The number of phosphoric acid groups is 1. The van der Waals surface area contributed by atoms with Gasteiger partial charge in [0, 0.05) is 37.2 Å². The zero-order valence-corrected chi connectivity index (χ0v) is 23.3. The topological polar surface area (TPSA) is 171 Å². The number of carbonyl (C=O) groups excluding carboxylic acids is 2. The molecule has 1 unspecified atom stereocenters. The highest BCUT2D eigenvalue weighted by Crippen LogP contribution is 2.58. The molecule has 4 rings (SSSR count). The lowest BCUT2D eigenvalue weighted by Gasteiger charge is -2.30. The normalized spacial score (nSPS) is 18.9. The monoisotopic (exact) mass is 612 g/mol. The molecule has 12 nitrogen and oxygen atoms in total. The smallest absolute Gasteiger partial charge is 0.448 e. The van der Waals surface area contributed by atoms with Gasteiger partial charge in [0.25, 0.3) is 0 Å². The molecule has 1 aromatic heterocycles. The molecule has 3 aromatic rings. The number of aliphatic hydroxyl groups excluding tert-OH is 1. The van der Waals surface area contributed by atoms with E-state index in [0.29, 0.717) is 0 Å². The van der Waals surface area contributed by atoms with Crippen LogP contribution in [0.4, 0.5) is 24.2 Å². The molecule has 0 radical (unpaired) electrons. The highest BCUT2D eigenvalue weighted by Gasteiger charge is 2.61. The fourth-order valence-corrected chi connectivity index (χ4v) is 5.94. The number of nitrogens with one attached hydrogen (secondary N) is 2. The fraction of sp³-hybridized carbons (Fsp3) is 0.320. The first-order valence-corrected chi connectivity index (χ1v) is 14.6. The molecule has 1 aliphatic rings. The fourth-order valence-electron chi connectivity index (χ4n) is 4.16. The Balaban J connectivity index is 1.39. The van der Waals surface area contributed by atoms with Crippen molar-refractivity contribution < 1.29 is 47.1 Å². The van der Waals surface area contributed by atoms with Gasteiger partial charge >= 0.3 is 19.9 Å². The van der Waals surface area contributed by atoms with Crippen LogP contribution < -0.4 is 10.6 Å². The van der Waals surface area contributed by atoms with Crippen LogP contribution in [-0.4, -0.2) is 73.4 Å². The molecule has 0 spiro atoms. The van der Waals surface area contributed by atoms with Crippen LogP contribution in [0.2, 0.25) is 0 Å². The van der Waals surface area contributed by atoms with Gasteiger partial charge in [0.15, 0.2) is 11.6 Å². The SMILES string of the molecule is CN(C(=O)NCc1cccc(F)c1F)[C@@]1(C[C@@H](O)COP(=O)(O)O)SC1COC(=O)Nc1cc2ccccc2cn1. The van der Waals surface area contributed by atoms with Gasteiger partial charge in [-0.2, -0.15) is 0 Å². The van der Waals surface area contributed by atoms with Crippen molar-refractivity contribution in [1.29, 1.82) is 0 Å². The van der Waals surface area contributed by atoms with Crippen LogP contribution >= 0.6 is 19.6 Å². The van der Waals surface area contributed by atoms with Gasteiger partial charge in [-0.3, -0.25) is 9.84 Å². The Morgan fingerprint density at radius 1 is 1.20 bits per heavy atom. The number of fused-ring (bicyclic) bond motifs is 1. The van der Waals surface area contributed by atoms with Gasteiger partial charge in [-0.25, -0.2) is 27.9 Å². The zero-order valence-electron chi connectivity index (χ0n) is 21.6. The van der Waals surface area contributed by atoms with Crippen LogP contribution in [0.5, 0.6) is 0 Å². The van der Waals surface area contributed by atoms with E-state index in [2.05, 4.69) is 20.1 Å². The number of ether oxygens (including phenoxy) is 1. The predicted molar refractivity (Wildman–Crippen MR) is 146 cm³/mol. The average molecular weight is 613 g/mol. The summed E-state index contributed by atoms with van der Waals surface area (Å²) in [4.78, 5) is 47.5. The summed E-state index contributed by atoms with van der Waals surface area (Å²) >= 11 is 1.16. The molecule has 0 aliphatic carbocycles. The maximum atomic E-state index is 14.0. The minimum absolute atomic E-state index is 0.0850. The van der Waals surface area contributed by atoms with Crippen LogP contribution in [0.15, 0.2) is 54.7 Å². The molecule has 2 aromatic carbocycles. The molecule has 1 aliphatic heterocycles. The lowest BCUT2D eigenvalue weighted by Crippen LogP contribution is -2.49. The van der Waals surface area contributed by atoms with Crippen molar-refractivity contribution in [2.75, 3.05) is 25.6 Å². The van der Waals surface area contributed by atoms with E-state index in [9.17, 15) is 28.0 Å². The number of halogens is 2. The molecule has 1 saturated heterocycles. The minimum atomic E-state index is -4.86. The lowest BCUT2D eigenvalue weighted by molar-refractivity contribution is 0.0571. The molecule has 0 bridgehead atoms. The van der Waals surface area contributed by atoms with Gasteiger partial charge in [0.1, 0.15) is 17.3 Å². The number of benzene rings is 2. The van der Waals surface area contributed by atoms with E-state index in [0.717, 1.165) is 28.6 Å². The summed E-state index contributed by atoms with van der Waals surface area (Å²) in [6.45, 7) is -1.26. The second-order valence-electron chi connectivity index (χ2n) is 9.17. The quantitative estimate of drug-likeness (QED) is 0.159. The van der Waals surface area contributed by atoms with Crippen LogP contribution in [-0.2, 0) is 20.4 Å². The number of thioether (sulfide) groups is 1. The Bertz CT molecular complexity index is 1480. The Morgan fingerprint density at radius 3 is 2.66 bits per heavy atom. The molecule has 2 heterocycles. The molecule has 0 saturated carbocycles. The molecule has 5 N–H and O–H groups in total. The molecule has 16 heteroatoms. The third-order valence-electron chi connectivity index (χ3n) is 6.32. The molecule has 3 amide bonds. The first-order valence-electron chi connectivity index (χ1n) is 12.2. The first kappa shape index (κ1) is 30.6. The van der Waals surface area contributed by atoms with Crippen molar-refractivity contribution in [3.8, 4) is 0 Å². The van der Waals surface area contributed by atoms with Crippen LogP contribution in [0, 0.1) is 11.6 Å². The summed E-state index contributed by atoms with van der Waals surface area (Å²) in [5.74, 6) is -1.91. The number of hydrogen-bond donors (Lipinski definition) is 5. The van der Waals surface area contributed by atoms with Crippen LogP contribution in [0.3, 0.4) is 0 Å². The molecule has 41 heavy (non-hydrogen) atoms. The Morgan fingerprint density at radius 2 is 1.93 bits per heavy atom. The Hall–Kier alpha value is -3.33. The minimum Gasteiger partial charge on any atom is -0.448 e. The zero-order chi connectivity index (χ0) is 29.8. The van der Waals surface area contributed by atoms with Crippen molar-refractivity contribution in [2.24, 2.45) is 0 Å². The average Bonchev–Trinajstić information content (AvgIpc) is 3.63. The van der Waals surface area contributed by atoms with Gasteiger partial charge in [-0.05, 0) is 17.5 Å². The number of aliphatic hydroxyl groups is 1. The number of amides is 3. The lowest BCUT2D eigenvalue weighted by atomic mass is 10.1. The maximum absolute atomic E-state index is 14.0. The highest BCUT2D eigenvalue weighted by atomic mass is 32.2. The second-order valence-corrected chi connectivity index (χ2v) is 11.9. The summed E-state index contributed by atoms with van der Waals surface area (Å²) in [5.41, 5.74) is -0.0850. The Kier molecular flexibility index (Phi) is 9.47. The van der Waals surface area contributed by atoms with Gasteiger partial charge in [0.05, 0.1) is 18.0 Å². The van der Waals surface area contributed by atoms with E-state index in [1.807, 2.05) is 24.3 Å². The number of nitrogens with zero attached hydrogens (tertiary/aromatic N) is 2. The first-order chi connectivity index (χ1) is 19.4. The third kappa shape index (κ3) is 7.91. The van der Waals surface area contributed by atoms with Crippen molar-refractivity contribution >= 4 is 48.3 Å². The van der Waals surface area contributed by atoms with Crippen molar-refractivity contribution in [3.05, 3.63) is 71.9 Å². The maximum Gasteiger partial charge on any atom is 0.469 e. The number of aromatic nitrogens is 1. The number of hydrogen-bond acceptors (Lipinski definition) is 8. The standard InChI is InChI=1S/C25H27F2N4O8PS/c1-31(23(33)29-12-17-7-4-8-19(26)22(17)27)25(10-18(32)13-39-40(35,36)37)20(41-25)14-38-24(34)30-21-9-15-5-2-3-6-16(15)11-28-21/h2-9,11,18,20,32H,10,12-14H2,1H3,(H,29,33)(H,28,30,34)(H2,35,36,37)/t18-,20?,25+/m1/s1. The molecule has 1 fully saturated rings. The predicted octanol–water partition coefficient (Wildman–Crippen LogP) is 3.58. The number of carbonyl (C=O) groups is 2. The summed E-state index contributed by atoms with van der Waals surface area (Å²) in [5, 5.41) is 16.6. The summed E-state index contributed by atoms with van der Waals surface area (Å²) in [6.07, 6.45) is -0.839. The molecular formula is C25H27F2N4O8PS. The van der Waals surface area contributed by atoms with Gasteiger partial charge in [-0.1, -0.05) is 36.4 Å². The molecule has 220 valence electrons. The van der Waals surface area contributed by atoms with E-state index in [1.54, 1.807) is 12.3 Å². The number of anilines is 1. The summed E-state index contributed by atoms with van der Waals surface area (Å²) in [6, 6.07) is 11.9. The van der Waals surface area contributed by atoms with Gasteiger partial charge in [0.2, 0.25) is 0 Å². The van der Waals surface area contributed by atoms with Crippen LogP contribution in [0.1, 0.15) is 12.0 Å². The second kappa shape index (κ2) is 12.7. The number of rotatable bonds is 11. The number of urea groups is 1.